The molecule has 8 heteroatoms. The number of hydrogen-bond donors (Lipinski definition) is 1. The molecule has 0 bridgehead atoms. The summed E-state index contributed by atoms with van der Waals surface area (Å²) in [5, 5.41) is 12.9. The van der Waals surface area contributed by atoms with Crippen molar-refractivity contribution in [3.63, 3.8) is 0 Å². The van der Waals surface area contributed by atoms with Gasteiger partial charge in [0.15, 0.2) is 0 Å². The second-order valence-corrected chi connectivity index (χ2v) is 16.6. The Labute approximate surface area is 373 Å². The van der Waals surface area contributed by atoms with Gasteiger partial charge in [0.25, 0.3) is 0 Å². The van der Waals surface area contributed by atoms with Crippen LogP contribution >= 0.6 is 11.6 Å². The molecule has 3 fully saturated rings. The van der Waals surface area contributed by atoms with E-state index in [0.29, 0.717) is 23.7 Å². The van der Waals surface area contributed by atoms with Crippen LogP contribution in [0.25, 0.3) is 5.32 Å². The molecule has 2 atom stereocenters. The number of halogens is 1. The number of aliphatic hydroxyl groups is 1. The summed E-state index contributed by atoms with van der Waals surface area (Å²) in [6.07, 6.45) is 27.4. The minimum Gasteiger partial charge on any atom is -0.665 e. The summed E-state index contributed by atoms with van der Waals surface area (Å²) in [7, 11) is 4.00. The molecule has 0 spiro atoms. The first-order valence-electron chi connectivity index (χ1n) is 22.2. The molecule has 1 N–H and O–H groups in total. The van der Waals surface area contributed by atoms with Crippen molar-refractivity contribution in [2.45, 2.75) is 178 Å². The van der Waals surface area contributed by atoms with Crippen molar-refractivity contribution < 1.29 is 40.5 Å². The fraction of sp³-hybridized carbons (Fsp3) is 0.792. The van der Waals surface area contributed by atoms with Gasteiger partial charge in [-0.05, 0) is 96.6 Å². The second kappa shape index (κ2) is 45.6. The number of benzene rings is 1. The third-order valence-corrected chi connectivity index (χ3v) is 10.2. The number of hydrogen-bond acceptors (Lipinski definition) is 5. The molecule has 4 rings (SSSR count). The van der Waals surface area contributed by atoms with Gasteiger partial charge in [0.05, 0.1) is 0 Å². The first-order valence-corrected chi connectivity index (χ1v) is 22.5. The van der Waals surface area contributed by atoms with Crippen molar-refractivity contribution in [1.82, 2.24) is 9.80 Å². The molecule has 330 valence electrons. The number of ketones is 1. The summed E-state index contributed by atoms with van der Waals surface area (Å²) in [6.45, 7) is 25.1. The summed E-state index contributed by atoms with van der Waals surface area (Å²) >= 11 is 5.54. The van der Waals surface area contributed by atoms with Crippen LogP contribution in [0.4, 0.5) is 0 Å². The van der Waals surface area contributed by atoms with Crippen molar-refractivity contribution in [2.75, 3.05) is 53.4 Å². The molecule has 2 aliphatic carbocycles. The summed E-state index contributed by atoms with van der Waals surface area (Å²) in [5.74, 6) is 1.64. The third-order valence-electron chi connectivity index (χ3n) is 9.94. The smallest absolute Gasteiger partial charge is 0.134 e. The van der Waals surface area contributed by atoms with Gasteiger partial charge >= 0.3 is 0 Å². The molecule has 1 saturated heterocycles. The number of aldehydes is 1. The maximum Gasteiger partial charge on any atom is 0.134 e. The number of aliphatic hydroxyl groups excluding tert-OH is 1. The molecule has 1 aliphatic heterocycles. The number of carbonyl (C=O) groups excluding carboxylic acids is 2. The molecule has 2 saturated carbocycles. The van der Waals surface area contributed by atoms with Crippen LogP contribution in [-0.4, -0.2) is 86.4 Å². The van der Waals surface area contributed by atoms with Gasteiger partial charge in [-0.1, -0.05) is 129 Å². The van der Waals surface area contributed by atoms with E-state index in [9.17, 15) is 4.79 Å². The van der Waals surface area contributed by atoms with Crippen molar-refractivity contribution >= 4 is 23.7 Å². The van der Waals surface area contributed by atoms with E-state index in [4.69, 9.17) is 21.5 Å². The summed E-state index contributed by atoms with van der Waals surface area (Å²) < 4.78 is 0. The maximum atomic E-state index is 11.0. The number of carbonyl (C=O) groups is 2. The number of Topliss-reactive ketones (excluding diaryl/α,β-unsaturated/α-hetero) is 1. The van der Waals surface area contributed by atoms with Crippen LogP contribution in [0.2, 0.25) is 5.02 Å². The van der Waals surface area contributed by atoms with Gasteiger partial charge in [-0.2, -0.15) is 32.7 Å². The standard InChI is InChI=1S/C9H15NO.C9H21N.C9H19.C8H15.C6H5Cl.C5H12NO.C2H4O.Hf/c1-7(11)8-4-5-10(6-8)9-2-3-9;1-4-6-7-9-10(3)8-5-2;1-4-6-7-8-9(3)5-2;1-8(2)6-4-3-5-7-8;7-6-4-2-1-3-5-6;1-6-4-2-3-5-7;1-2-3;/h8-9H,2-6H2,1H3;4-9H2,1-3H3;7,9H,4-6,8H2,1-3H3;3H,4-7H2,1-2H3;1-5H;7H,2-5H2,1H3;2H,1H3;/q;;2*-1;;-1;;. The van der Waals surface area contributed by atoms with Gasteiger partial charge in [0, 0.05) is 56.0 Å². The van der Waals surface area contributed by atoms with Crippen LogP contribution in [-0.2, 0) is 35.4 Å². The Morgan fingerprint density at radius 3 is 2.00 bits per heavy atom. The van der Waals surface area contributed by atoms with Gasteiger partial charge in [-0.15, -0.1) is 6.54 Å². The molecule has 0 aromatic heterocycles. The quantitative estimate of drug-likeness (QED) is 0.0729. The Bertz CT molecular complexity index is 923. The zero-order chi connectivity index (χ0) is 42.2. The molecular weight excluding hydrogens is 880 g/mol. The first-order chi connectivity index (χ1) is 26.3. The molecule has 0 radical (unpaired) electrons. The minimum absolute atomic E-state index is 0. The SMILES string of the molecule is CC(=O)C1CCN(C2CC2)C1.CC1(C)CC[CH-]CC1.CC=O.CCCCCN(C)CCC.CCC[CH-]CC(C)CC.C[N-]CCCCO.Clc1ccccc1.[Hf]. The molecule has 1 aromatic carbocycles. The van der Waals surface area contributed by atoms with E-state index in [1.54, 1.807) is 14.0 Å². The van der Waals surface area contributed by atoms with E-state index in [-0.39, 0.29) is 25.8 Å². The molecule has 1 aromatic rings. The van der Waals surface area contributed by atoms with Crippen molar-refractivity contribution in [3.05, 3.63) is 53.5 Å². The maximum absolute atomic E-state index is 11.0. The van der Waals surface area contributed by atoms with E-state index in [0.717, 1.165) is 62.2 Å². The van der Waals surface area contributed by atoms with Crippen LogP contribution < -0.4 is 0 Å². The van der Waals surface area contributed by atoms with Crippen LogP contribution in [0.15, 0.2) is 30.3 Å². The zero-order valence-corrected chi connectivity index (χ0v) is 42.9. The average molecular weight is 972 g/mol. The topological polar surface area (TPSA) is 75.0 Å². The molecule has 0 amide bonds. The van der Waals surface area contributed by atoms with Gasteiger partial charge in [0.1, 0.15) is 12.1 Å². The molecule has 2 unspecified atom stereocenters. The van der Waals surface area contributed by atoms with E-state index in [2.05, 4.69) is 83.5 Å². The summed E-state index contributed by atoms with van der Waals surface area (Å²) in [6, 6.07) is 10.3. The molecule has 56 heavy (non-hydrogen) atoms. The van der Waals surface area contributed by atoms with E-state index >= 15 is 0 Å². The normalized spacial score (nSPS) is 17.0. The first kappa shape index (κ1) is 62.2. The minimum atomic E-state index is 0. The van der Waals surface area contributed by atoms with Gasteiger partial charge in [0.2, 0.25) is 0 Å². The zero-order valence-electron chi connectivity index (χ0n) is 38.6. The monoisotopic (exact) mass is 973 g/mol. The van der Waals surface area contributed by atoms with Crippen LogP contribution in [0.3, 0.4) is 0 Å². The Balaban J connectivity index is -0.000000287. The fourth-order valence-corrected chi connectivity index (χ4v) is 5.99. The number of unbranched alkanes of at least 4 members (excludes halogenated alkanes) is 5. The van der Waals surface area contributed by atoms with Crippen LogP contribution in [0.1, 0.15) is 171 Å². The number of rotatable bonds is 17. The third kappa shape index (κ3) is 46.3. The molecular formula is C48H91ClHfN3O3-3. The van der Waals surface area contributed by atoms with Gasteiger partial charge in [-0.25, -0.2) is 0 Å². The van der Waals surface area contributed by atoms with E-state index < -0.39 is 0 Å². The summed E-state index contributed by atoms with van der Waals surface area (Å²) in [4.78, 5) is 24.7. The average Bonchev–Trinajstić information content (AvgIpc) is 3.89. The predicted molar refractivity (Wildman–Crippen MR) is 244 cm³/mol. The van der Waals surface area contributed by atoms with Crippen molar-refractivity contribution in [1.29, 1.82) is 0 Å². The molecule has 3 aliphatic rings. The summed E-state index contributed by atoms with van der Waals surface area (Å²) in [5.41, 5.74) is 0.648. The largest absolute Gasteiger partial charge is 0.665 e. The molecule has 1 heterocycles. The Morgan fingerprint density at radius 1 is 1.02 bits per heavy atom. The van der Waals surface area contributed by atoms with Gasteiger partial charge < -0.3 is 33.0 Å². The van der Waals surface area contributed by atoms with Crippen molar-refractivity contribution in [3.8, 4) is 0 Å². The second-order valence-electron chi connectivity index (χ2n) is 16.2. The van der Waals surface area contributed by atoms with E-state index in [1.165, 1.54) is 110 Å². The predicted octanol–water partition coefficient (Wildman–Crippen LogP) is 13.1. The van der Waals surface area contributed by atoms with Crippen LogP contribution in [0.5, 0.6) is 0 Å². The Morgan fingerprint density at radius 2 is 1.62 bits per heavy atom. The Kier molecular flexibility index (Phi) is 50.7. The van der Waals surface area contributed by atoms with Crippen LogP contribution in [0, 0.1) is 30.1 Å². The number of likely N-dealkylation sites (tertiary alicyclic amines) is 1. The van der Waals surface area contributed by atoms with Gasteiger partial charge in [-0.3, -0.25) is 9.69 Å². The molecule has 6 nitrogen and oxygen atoms in total. The number of nitrogens with zero attached hydrogens (tertiary/aromatic N) is 3. The Hall–Kier alpha value is -0.440. The van der Waals surface area contributed by atoms with E-state index in [1.807, 2.05) is 30.3 Å². The fourth-order valence-electron chi connectivity index (χ4n) is 5.84. The van der Waals surface area contributed by atoms with Crippen molar-refractivity contribution in [2.24, 2.45) is 17.3 Å².